The summed E-state index contributed by atoms with van der Waals surface area (Å²) in [6.07, 6.45) is -0.479. The van der Waals surface area contributed by atoms with E-state index in [-0.39, 0.29) is 5.91 Å². The summed E-state index contributed by atoms with van der Waals surface area (Å²) in [5, 5.41) is 15.6. The molecule has 1 saturated heterocycles. The van der Waals surface area contributed by atoms with Crippen molar-refractivity contribution >= 4 is 22.2 Å². The first-order valence-corrected chi connectivity index (χ1v) is 6.58. The standard InChI is InChI=1S/C12H15N3O2S/c1-7-8(2)18-12(9(7)5-13)15-11(16)10-6-14-3-4-17-10/h10,14H,3-4,6H2,1-2H3,(H,15,16). The van der Waals surface area contributed by atoms with Crippen LogP contribution in [-0.4, -0.2) is 31.7 Å². The van der Waals surface area contributed by atoms with E-state index in [9.17, 15) is 4.79 Å². The van der Waals surface area contributed by atoms with Gasteiger partial charge in [0.25, 0.3) is 5.91 Å². The highest BCUT2D eigenvalue weighted by molar-refractivity contribution is 7.16. The van der Waals surface area contributed by atoms with E-state index >= 15 is 0 Å². The van der Waals surface area contributed by atoms with Crippen LogP contribution >= 0.6 is 11.3 Å². The molecule has 0 saturated carbocycles. The summed E-state index contributed by atoms with van der Waals surface area (Å²) in [4.78, 5) is 13.0. The highest BCUT2D eigenvalue weighted by Crippen LogP contribution is 2.31. The third-order valence-electron chi connectivity index (χ3n) is 2.95. The van der Waals surface area contributed by atoms with Crippen LogP contribution < -0.4 is 10.6 Å². The van der Waals surface area contributed by atoms with Crippen molar-refractivity contribution in [3.05, 3.63) is 16.0 Å². The third-order valence-corrected chi connectivity index (χ3v) is 4.08. The second-order valence-electron chi connectivity index (χ2n) is 4.15. The topological polar surface area (TPSA) is 74.2 Å². The quantitative estimate of drug-likeness (QED) is 0.841. The van der Waals surface area contributed by atoms with Crippen molar-refractivity contribution in [2.24, 2.45) is 0 Å². The van der Waals surface area contributed by atoms with Gasteiger partial charge in [0.1, 0.15) is 17.2 Å². The Hall–Kier alpha value is -1.42. The van der Waals surface area contributed by atoms with Gasteiger partial charge in [0.15, 0.2) is 0 Å². The van der Waals surface area contributed by atoms with Gasteiger partial charge in [-0.3, -0.25) is 4.79 Å². The van der Waals surface area contributed by atoms with Crippen molar-refractivity contribution in [2.45, 2.75) is 20.0 Å². The number of carbonyl (C=O) groups excluding carboxylic acids is 1. The molecule has 0 radical (unpaired) electrons. The van der Waals surface area contributed by atoms with Crippen molar-refractivity contribution in [1.82, 2.24) is 5.32 Å². The van der Waals surface area contributed by atoms with E-state index in [1.807, 2.05) is 13.8 Å². The van der Waals surface area contributed by atoms with Gasteiger partial charge in [-0.15, -0.1) is 11.3 Å². The number of rotatable bonds is 2. The van der Waals surface area contributed by atoms with E-state index in [0.29, 0.717) is 23.7 Å². The second-order valence-corrected chi connectivity index (χ2v) is 5.38. The molecule has 1 unspecified atom stereocenters. The van der Waals surface area contributed by atoms with Crippen LogP contribution in [0.3, 0.4) is 0 Å². The van der Waals surface area contributed by atoms with Crippen molar-refractivity contribution in [1.29, 1.82) is 5.26 Å². The maximum atomic E-state index is 12.0. The Morgan fingerprint density at radius 3 is 3.00 bits per heavy atom. The molecule has 5 nitrogen and oxygen atoms in total. The van der Waals surface area contributed by atoms with E-state index in [1.54, 1.807) is 0 Å². The number of nitrogens with zero attached hydrogens (tertiary/aromatic N) is 1. The van der Waals surface area contributed by atoms with Crippen molar-refractivity contribution < 1.29 is 9.53 Å². The van der Waals surface area contributed by atoms with E-state index < -0.39 is 6.10 Å². The van der Waals surface area contributed by atoms with Gasteiger partial charge >= 0.3 is 0 Å². The van der Waals surface area contributed by atoms with E-state index in [4.69, 9.17) is 10.00 Å². The number of anilines is 1. The number of hydrogen-bond acceptors (Lipinski definition) is 5. The Morgan fingerprint density at radius 2 is 2.39 bits per heavy atom. The molecule has 1 aliphatic rings. The highest BCUT2D eigenvalue weighted by Gasteiger charge is 2.23. The van der Waals surface area contributed by atoms with Crippen molar-refractivity contribution in [3.8, 4) is 6.07 Å². The Balaban J connectivity index is 2.11. The Kier molecular flexibility index (Phi) is 3.97. The van der Waals surface area contributed by atoms with Crippen molar-refractivity contribution in [2.75, 3.05) is 25.0 Å². The molecule has 18 heavy (non-hydrogen) atoms. The molecule has 1 aliphatic heterocycles. The van der Waals surface area contributed by atoms with E-state index in [1.165, 1.54) is 11.3 Å². The highest BCUT2D eigenvalue weighted by atomic mass is 32.1. The predicted octanol–water partition coefficient (Wildman–Crippen LogP) is 1.16. The maximum Gasteiger partial charge on any atom is 0.255 e. The zero-order chi connectivity index (χ0) is 13.1. The molecule has 1 aromatic rings. The number of ether oxygens (including phenoxy) is 1. The Labute approximate surface area is 110 Å². The number of nitriles is 1. The minimum atomic E-state index is -0.479. The van der Waals surface area contributed by atoms with Gasteiger partial charge < -0.3 is 15.4 Å². The summed E-state index contributed by atoms with van der Waals surface area (Å²) in [5.41, 5.74) is 1.48. The molecule has 0 aromatic carbocycles. The predicted molar refractivity (Wildman–Crippen MR) is 69.7 cm³/mol. The van der Waals surface area contributed by atoms with Crippen LogP contribution in [0.15, 0.2) is 0 Å². The van der Waals surface area contributed by atoms with Gasteiger partial charge in [-0.2, -0.15) is 5.26 Å². The lowest BCUT2D eigenvalue weighted by atomic mass is 10.2. The lowest BCUT2D eigenvalue weighted by Gasteiger charge is -2.22. The van der Waals surface area contributed by atoms with Crippen LogP contribution in [0.25, 0.3) is 0 Å². The van der Waals surface area contributed by atoms with Crippen molar-refractivity contribution in [3.63, 3.8) is 0 Å². The number of aryl methyl sites for hydroxylation is 1. The van der Waals surface area contributed by atoms with Crippen LogP contribution in [0.1, 0.15) is 16.0 Å². The molecular formula is C12H15N3O2S. The lowest BCUT2D eigenvalue weighted by Crippen LogP contribution is -2.45. The van der Waals surface area contributed by atoms with Gasteiger partial charge in [-0.05, 0) is 19.4 Å². The number of carbonyl (C=O) groups is 1. The molecule has 1 amide bonds. The molecule has 0 spiro atoms. The fourth-order valence-corrected chi connectivity index (χ4v) is 2.79. The molecule has 1 atom stereocenters. The second kappa shape index (κ2) is 5.48. The number of amides is 1. The summed E-state index contributed by atoms with van der Waals surface area (Å²) in [6.45, 7) is 5.64. The number of hydrogen-bond donors (Lipinski definition) is 2. The first-order valence-electron chi connectivity index (χ1n) is 5.76. The lowest BCUT2D eigenvalue weighted by molar-refractivity contribution is -0.128. The monoisotopic (exact) mass is 265 g/mol. The summed E-state index contributed by atoms with van der Waals surface area (Å²) in [5.74, 6) is -0.194. The number of nitrogens with one attached hydrogen (secondary N) is 2. The fourth-order valence-electron chi connectivity index (χ4n) is 1.78. The fraction of sp³-hybridized carbons (Fsp3) is 0.500. The van der Waals surface area contributed by atoms with Gasteiger partial charge in [-0.1, -0.05) is 0 Å². The van der Waals surface area contributed by atoms with Crippen LogP contribution in [0, 0.1) is 25.2 Å². The third kappa shape index (κ3) is 2.53. The van der Waals surface area contributed by atoms with Crippen LogP contribution in [0.4, 0.5) is 5.00 Å². The van der Waals surface area contributed by atoms with Crippen LogP contribution in [0.2, 0.25) is 0 Å². The zero-order valence-corrected chi connectivity index (χ0v) is 11.2. The van der Waals surface area contributed by atoms with Gasteiger partial charge in [0, 0.05) is 18.0 Å². The summed E-state index contributed by atoms with van der Waals surface area (Å²) < 4.78 is 5.37. The van der Waals surface area contributed by atoms with Crippen LogP contribution in [-0.2, 0) is 9.53 Å². The molecule has 2 rings (SSSR count). The smallest absolute Gasteiger partial charge is 0.255 e. The average molecular weight is 265 g/mol. The molecule has 1 aromatic heterocycles. The molecule has 6 heteroatoms. The van der Waals surface area contributed by atoms with E-state index in [2.05, 4.69) is 16.7 Å². The zero-order valence-electron chi connectivity index (χ0n) is 10.4. The number of morpholine rings is 1. The summed E-state index contributed by atoms with van der Waals surface area (Å²) in [6, 6.07) is 2.13. The maximum absolute atomic E-state index is 12.0. The molecule has 0 bridgehead atoms. The molecule has 0 aliphatic carbocycles. The minimum Gasteiger partial charge on any atom is -0.366 e. The first kappa shape index (κ1) is 13.0. The molecule has 1 fully saturated rings. The van der Waals surface area contributed by atoms with Crippen LogP contribution in [0.5, 0.6) is 0 Å². The number of thiophene rings is 1. The largest absolute Gasteiger partial charge is 0.366 e. The SMILES string of the molecule is Cc1sc(NC(=O)C2CNCCO2)c(C#N)c1C. The van der Waals surface area contributed by atoms with E-state index in [0.717, 1.165) is 17.0 Å². The Morgan fingerprint density at radius 1 is 1.61 bits per heavy atom. The summed E-state index contributed by atoms with van der Waals surface area (Å²) in [7, 11) is 0. The normalized spacial score (nSPS) is 19.3. The molecule has 2 N–H and O–H groups in total. The summed E-state index contributed by atoms with van der Waals surface area (Å²) >= 11 is 1.43. The molecule has 96 valence electrons. The van der Waals surface area contributed by atoms with Gasteiger partial charge in [-0.25, -0.2) is 0 Å². The van der Waals surface area contributed by atoms with Gasteiger partial charge in [0.2, 0.25) is 0 Å². The first-order chi connectivity index (χ1) is 8.63. The van der Waals surface area contributed by atoms with Gasteiger partial charge in [0.05, 0.1) is 12.2 Å². The average Bonchev–Trinajstić information content (AvgIpc) is 2.65. The Bertz CT molecular complexity index is 498. The molecule has 2 heterocycles. The minimum absolute atomic E-state index is 0.194. The molecular weight excluding hydrogens is 250 g/mol.